The molecule has 0 aromatic rings. The van der Waals surface area contributed by atoms with Crippen LogP contribution in [0.15, 0.2) is 0 Å². The van der Waals surface area contributed by atoms with E-state index < -0.39 is 0 Å². The molecular formula is C9H17NO. The topological polar surface area (TPSA) is 32.3 Å². The van der Waals surface area contributed by atoms with E-state index in [-0.39, 0.29) is 6.10 Å². The van der Waals surface area contributed by atoms with Gasteiger partial charge < -0.3 is 10.4 Å². The third kappa shape index (κ3) is 1.94. The van der Waals surface area contributed by atoms with E-state index in [1.165, 1.54) is 32.1 Å². The molecule has 2 atom stereocenters. The third-order valence-electron chi connectivity index (χ3n) is 2.76. The summed E-state index contributed by atoms with van der Waals surface area (Å²) in [6, 6.07) is 1.16. The molecular weight excluding hydrogens is 138 g/mol. The Morgan fingerprint density at radius 3 is 2.36 bits per heavy atom. The molecule has 2 heteroatoms. The lowest BCUT2D eigenvalue weighted by Gasteiger charge is -2.28. The van der Waals surface area contributed by atoms with Crippen molar-refractivity contribution in [2.24, 2.45) is 0 Å². The molecule has 2 aliphatic rings. The number of aliphatic hydroxyl groups is 1. The molecule has 0 amide bonds. The first-order valence-corrected chi connectivity index (χ1v) is 4.80. The van der Waals surface area contributed by atoms with Gasteiger partial charge in [-0.05, 0) is 25.7 Å². The number of hydrogen-bond donors (Lipinski definition) is 2. The Morgan fingerprint density at radius 1 is 1.00 bits per heavy atom. The number of nitrogens with one attached hydrogen (secondary N) is 1. The van der Waals surface area contributed by atoms with Crippen molar-refractivity contribution in [2.75, 3.05) is 0 Å². The normalized spacial score (nSPS) is 39.0. The predicted octanol–water partition coefficient (Wildman–Crippen LogP) is 1.04. The fourth-order valence-corrected chi connectivity index (χ4v) is 1.86. The average molecular weight is 155 g/mol. The van der Waals surface area contributed by atoms with E-state index in [0.29, 0.717) is 6.04 Å². The maximum atomic E-state index is 9.58. The predicted molar refractivity (Wildman–Crippen MR) is 44.4 cm³/mol. The quantitative estimate of drug-likeness (QED) is 0.624. The maximum absolute atomic E-state index is 9.58. The molecule has 0 aromatic carbocycles. The Morgan fingerprint density at radius 2 is 1.73 bits per heavy atom. The first-order valence-electron chi connectivity index (χ1n) is 4.80. The third-order valence-corrected chi connectivity index (χ3v) is 2.76. The van der Waals surface area contributed by atoms with Crippen LogP contribution in [0, 0.1) is 0 Å². The first kappa shape index (κ1) is 7.56. The molecule has 0 spiro atoms. The minimum Gasteiger partial charge on any atom is -0.392 e. The van der Waals surface area contributed by atoms with Crippen molar-refractivity contribution in [3.63, 3.8) is 0 Å². The van der Waals surface area contributed by atoms with Gasteiger partial charge in [0.2, 0.25) is 0 Å². The van der Waals surface area contributed by atoms with Gasteiger partial charge in [0.15, 0.2) is 0 Å². The second-order valence-electron chi connectivity index (χ2n) is 3.90. The van der Waals surface area contributed by atoms with Crippen LogP contribution < -0.4 is 5.32 Å². The first-order chi connectivity index (χ1) is 5.36. The molecule has 0 aliphatic heterocycles. The largest absolute Gasteiger partial charge is 0.392 e. The van der Waals surface area contributed by atoms with Crippen LogP contribution in [-0.4, -0.2) is 23.3 Å². The molecule has 2 fully saturated rings. The second kappa shape index (κ2) is 3.11. The molecule has 11 heavy (non-hydrogen) atoms. The van der Waals surface area contributed by atoms with Crippen molar-refractivity contribution in [3.05, 3.63) is 0 Å². The van der Waals surface area contributed by atoms with E-state index >= 15 is 0 Å². The van der Waals surface area contributed by atoms with Crippen LogP contribution in [0.1, 0.15) is 38.5 Å². The zero-order valence-electron chi connectivity index (χ0n) is 6.92. The van der Waals surface area contributed by atoms with Gasteiger partial charge in [-0.3, -0.25) is 0 Å². The highest BCUT2D eigenvalue weighted by molar-refractivity contribution is 4.89. The summed E-state index contributed by atoms with van der Waals surface area (Å²) in [5.74, 6) is 0. The zero-order valence-corrected chi connectivity index (χ0v) is 6.92. The van der Waals surface area contributed by atoms with Gasteiger partial charge in [0.05, 0.1) is 6.10 Å². The minimum absolute atomic E-state index is 0.0654. The van der Waals surface area contributed by atoms with E-state index in [0.717, 1.165) is 12.5 Å². The molecule has 0 saturated heterocycles. The number of aliphatic hydroxyl groups excluding tert-OH is 1. The number of hydrogen-bond acceptors (Lipinski definition) is 2. The van der Waals surface area contributed by atoms with Crippen molar-refractivity contribution in [2.45, 2.75) is 56.7 Å². The molecule has 64 valence electrons. The summed E-state index contributed by atoms with van der Waals surface area (Å²) >= 11 is 0. The van der Waals surface area contributed by atoms with Crippen LogP contribution in [0.4, 0.5) is 0 Å². The van der Waals surface area contributed by atoms with Gasteiger partial charge in [0.1, 0.15) is 0 Å². The molecule has 2 aliphatic carbocycles. The summed E-state index contributed by atoms with van der Waals surface area (Å²) in [5, 5.41) is 13.1. The Bertz CT molecular complexity index is 134. The Kier molecular flexibility index (Phi) is 2.14. The van der Waals surface area contributed by atoms with Crippen LogP contribution in [0.2, 0.25) is 0 Å². The van der Waals surface area contributed by atoms with Crippen LogP contribution >= 0.6 is 0 Å². The average Bonchev–Trinajstić information content (AvgIpc) is 2.78. The minimum atomic E-state index is -0.0654. The highest BCUT2D eigenvalue weighted by atomic mass is 16.3. The van der Waals surface area contributed by atoms with Gasteiger partial charge in [0.25, 0.3) is 0 Å². The molecule has 1 unspecified atom stereocenters. The lowest BCUT2D eigenvalue weighted by Crippen LogP contribution is -2.43. The van der Waals surface area contributed by atoms with E-state index in [4.69, 9.17) is 0 Å². The van der Waals surface area contributed by atoms with Crippen molar-refractivity contribution in [1.29, 1.82) is 0 Å². The second-order valence-corrected chi connectivity index (χ2v) is 3.90. The van der Waals surface area contributed by atoms with Gasteiger partial charge in [-0.1, -0.05) is 12.8 Å². The Hall–Kier alpha value is -0.0800. The van der Waals surface area contributed by atoms with Gasteiger partial charge in [-0.25, -0.2) is 0 Å². The highest BCUT2D eigenvalue weighted by Gasteiger charge is 2.29. The van der Waals surface area contributed by atoms with Crippen LogP contribution in [0.25, 0.3) is 0 Å². The summed E-state index contributed by atoms with van der Waals surface area (Å²) in [4.78, 5) is 0. The zero-order chi connectivity index (χ0) is 7.68. The van der Waals surface area contributed by atoms with Gasteiger partial charge in [0, 0.05) is 12.1 Å². The number of rotatable bonds is 2. The molecule has 2 saturated carbocycles. The summed E-state index contributed by atoms with van der Waals surface area (Å²) in [7, 11) is 0. The van der Waals surface area contributed by atoms with Crippen LogP contribution in [-0.2, 0) is 0 Å². The summed E-state index contributed by atoms with van der Waals surface area (Å²) in [6.07, 6.45) is 7.27. The monoisotopic (exact) mass is 155 g/mol. The molecule has 2 N–H and O–H groups in total. The van der Waals surface area contributed by atoms with Crippen molar-refractivity contribution >= 4 is 0 Å². The fourth-order valence-electron chi connectivity index (χ4n) is 1.86. The van der Waals surface area contributed by atoms with Gasteiger partial charge in [-0.15, -0.1) is 0 Å². The smallest absolute Gasteiger partial charge is 0.0693 e. The van der Waals surface area contributed by atoms with Crippen molar-refractivity contribution < 1.29 is 5.11 Å². The van der Waals surface area contributed by atoms with Crippen molar-refractivity contribution in [1.82, 2.24) is 5.32 Å². The van der Waals surface area contributed by atoms with Crippen molar-refractivity contribution in [3.8, 4) is 0 Å². The van der Waals surface area contributed by atoms with E-state index in [2.05, 4.69) is 5.32 Å². The lowest BCUT2D eigenvalue weighted by molar-refractivity contribution is 0.0901. The molecule has 0 heterocycles. The molecule has 2 rings (SSSR count). The summed E-state index contributed by atoms with van der Waals surface area (Å²) < 4.78 is 0. The SMILES string of the molecule is OC1CCCC[C@H]1NC1CC1. The highest BCUT2D eigenvalue weighted by Crippen LogP contribution is 2.24. The Labute approximate surface area is 68.0 Å². The molecule has 2 nitrogen and oxygen atoms in total. The van der Waals surface area contributed by atoms with E-state index in [1.807, 2.05) is 0 Å². The van der Waals surface area contributed by atoms with Crippen LogP contribution in [0.3, 0.4) is 0 Å². The summed E-state index contributed by atoms with van der Waals surface area (Å²) in [5.41, 5.74) is 0. The molecule has 0 bridgehead atoms. The van der Waals surface area contributed by atoms with Crippen LogP contribution in [0.5, 0.6) is 0 Å². The fraction of sp³-hybridized carbons (Fsp3) is 1.00. The standard InChI is InChI=1S/C9H17NO/c11-9-4-2-1-3-8(9)10-7-5-6-7/h7-11H,1-6H2/t8-,9?/m1/s1. The van der Waals surface area contributed by atoms with Gasteiger partial charge >= 0.3 is 0 Å². The summed E-state index contributed by atoms with van der Waals surface area (Å²) in [6.45, 7) is 0. The maximum Gasteiger partial charge on any atom is 0.0693 e. The van der Waals surface area contributed by atoms with Gasteiger partial charge in [-0.2, -0.15) is 0 Å². The molecule has 0 radical (unpaired) electrons. The van der Waals surface area contributed by atoms with E-state index in [1.54, 1.807) is 0 Å². The van der Waals surface area contributed by atoms with E-state index in [9.17, 15) is 5.11 Å². The molecule has 0 aromatic heterocycles. The Balaban J connectivity index is 1.78. The lowest BCUT2D eigenvalue weighted by atomic mass is 9.92.